The Kier molecular flexibility index (Phi) is 6.61. The van der Waals surface area contributed by atoms with Crippen molar-refractivity contribution in [1.29, 1.82) is 0 Å². The summed E-state index contributed by atoms with van der Waals surface area (Å²) in [6.45, 7) is 6.03. The molecule has 0 fully saturated rings. The van der Waals surface area contributed by atoms with Crippen molar-refractivity contribution in [2.24, 2.45) is 0 Å². The Labute approximate surface area is 230 Å². The van der Waals surface area contributed by atoms with Gasteiger partial charge in [-0.05, 0) is 71.1 Å². The zero-order valence-electron chi connectivity index (χ0n) is 22.5. The second-order valence-electron chi connectivity index (χ2n) is 9.82. The van der Waals surface area contributed by atoms with Gasteiger partial charge in [-0.25, -0.2) is 0 Å². The Morgan fingerprint density at radius 3 is 1.90 bits per heavy atom. The number of rotatable bonds is 7. The van der Waals surface area contributed by atoms with Crippen LogP contribution in [0.2, 0.25) is 0 Å². The van der Waals surface area contributed by atoms with Crippen molar-refractivity contribution in [3.8, 4) is 27.9 Å². The third-order valence-corrected chi connectivity index (χ3v) is 7.59. The molecule has 6 aromatic rings. The van der Waals surface area contributed by atoms with Crippen molar-refractivity contribution in [2.45, 2.75) is 13.3 Å². The minimum absolute atomic E-state index is 0.954. The first kappa shape index (κ1) is 24.5. The minimum atomic E-state index is 0.954. The van der Waals surface area contributed by atoms with Crippen LogP contribution in [0.4, 0.5) is 5.69 Å². The number of allylic oxidation sites excluding steroid dienone is 3. The lowest BCUT2D eigenvalue weighted by molar-refractivity contribution is 0.977. The maximum absolute atomic E-state index is 3.86. The molecule has 0 aliphatic carbocycles. The van der Waals surface area contributed by atoms with Gasteiger partial charge < -0.3 is 9.47 Å². The van der Waals surface area contributed by atoms with Gasteiger partial charge in [0.05, 0.1) is 11.0 Å². The van der Waals surface area contributed by atoms with Crippen molar-refractivity contribution in [1.82, 2.24) is 4.57 Å². The molecule has 0 bridgehead atoms. The number of hydrogen-bond donors (Lipinski definition) is 0. The molecule has 0 saturated carbocycles. The second kappa shape index (κ2) is 10.5. The normalized spacial score (nSPS) is 11.7. The van der Waals surface area contributed by atoms with Gasteiger partial charge in [-0.3, -0.25) is 0 Å². The standard InChI is InChI=1S/C37H32N2/c1-4-13-29(5-2)38(3)30-24-22-27(23-25-30)32-16-6-7-17-33(32)28-14-12-15-31(26-28)39-36-20-10-8-18-34(36)35-19-9-11-21-37(35)39/h4,6-26H,1,5H2,2-3H3/b29-13+. The highest BCUT2D eigenvalue weighted by Crippen LogP contribution is 2.36. The monoisotopic (exact) mass is 504 g/mol. The van der Waals surface area contributed by atoms with Crippen molar-refractivity contribution < 1.29 is 0 Å². The molecule has 0 radical (unpaired) electrons. The Morgan fingerprint density at radius 2 is 1.28 bits per heavy atom. The molecule has 5 aromatic carbocycles. The molecule has 0 spiro atoms. The summed E-state index contributed by atoms with van der Waals surface area (Å²) in [6.07, 6.45) is 4.89. The molecule has 6 rings (SSSR count). The van der Waals surface area contributed by atoms with Crippen LogP contribution in [0.5, 0.6) is 0 Å². The molecule has 1 heterocycles. The summed E-state index contributed by atoms with van der Waals surface area (Å²) in [4.78, 5) is 2.23. The molecule has 0 saturated heterocycles. The fourth-order valence-electron chi connectivity index (χ4n) is 5.63. The molecule has 190 valence electrons. The average Bonchev–Trinajstić information content (AvgIpc) is 3.34. The van der Waals surface area contributed by atoms with E-state index in [1.165, 1.54) is 55.4 Å². The van der Waals surface area contributed by atoms with Crippen molar-refractivity contribution >= 4 is 27.5 Å². The molecule has 0 aliphatic heterocycles. The summed E-state index contributed by atoms with van der Waals surface area (Å²) in [5.41, 5.74) is 10.9. The lowest BCUT2D eigenvalue weighted by atomic mass is 9.94. The van der Waals surface area contributed by atoms with Crippen LogP contribution in [-0.4, -0.2) is 11.6 Å². The fraction of sp³-hybridized carbons (Fsp3) is 0.0811. The predicted molar refractivity (Wildman–Crippen MR) is 169 cm³/mol. The molecule has 39 heavy (non-hydrogen) atoms. The summed E-state index contributed by atoms with van der Waals surface area (Å²) in [7, 11) is 2.11. The number of para-hydroxylation sites is 2. The van der Waals surface area contributed by atoms with Gasteiger partial charge >= 0.3 is 0 Å². The highest BCUT2D eigenvalue weighted by atomic mass is 15.1. The van der Waals surface area contributed by atoms with Crippen LogP contribution in [0.3, 0.4) is 0 Å². The average molecular weight is 505 g/mol. The molecule has 0 N–H and O–H groups in total. The van der Waals surface area contributed by atoms with Crippen molar-refractivity contribution in [3.63, 3.8) is 0 Å². The van der Waals surface area contributed by atoms with E-state index in [0.29, 0.717) is 0 Å². The SMILES string of the molecule is C=C/C=C(\CC)N(C)c1ccc(-c2ccccc2-c2cccc(-n3c4ccccc4c4ccccc43)c2)cc1. The minimum Gasteiger partial charge on any atom is -0.348 e. The summed E-state index contributed by atoms with van der Waals surface area (Å²) >= 11 is 0. The number of aromatic nitrogens is 1. The summed E-state index contributed by atoms with van der Waals surface area (Å²) < 4.78 is 2.38. The lowest BCUT2D eigenvalue weighted by Crippen LogP contribution is -2.15. The molecular weight excluding hydrogens is 472 g/mol. The highest BCUT2D eigenvalue weighted by molar-refractivity contribution is 6.09. The smallest absolute Gasteiger partial charge is 0.0541 e. The molecule has 0 aliphatic rings. The van der Waals surface area contributed by atoms with E-state index >= 15 is 0 Å². The highest BCUT2D eigenvalue weighted by Gasteiger charge is 2.14. The van der Waals surface area contributed by atoms with Crippen LogP contribution in [0.1, 0.15) is 13.3 Å². The van der Waals surface area contributed by atoms with Crippen molar-refractivity contribution in [2.75, 3.05) is 11.9 Å². The maximum Gasteiger partial charge on any atom is 0.0541 e. The van der Waals surface area contributed by atoms with Gasteiger partial charge in [0.15, 0.2) is 0 Å². The van der Waals surface area contributed by atoms with Crippen LogP contribution < -0.4 is 4.90 Å². The van der Waals surface area contributed by atoms with Gasteiger partial charge in [-0.1, -0.05) is 105 Å². The molecule has 2 nitrogen and oxygen atoms in total. The third kappa shape index (κ3) is 4.45. The molecule has 2 heteroatoms. The quantitative estimate of drug-likeness (QED) is 0.196. The number of hydrogen-bond acceptors (Lipinski definition) is 1. The zero-order chi connectivity index (χ0) is 26.8. The van der Waals surface area contributed by atoms with Gasteiger partial charge in [-0.2, -0.15) is 0 Å². The molecule has 0 unspecified atom stereocenters. The Hall–Kier alpha value is -4.82. The van der Waals surface area contributed by atoms with Gasteiger partial charge in [-0.15, -0.1) is 0 Å². The van der Waals surface area contributed by atoms with E-state index in [2.05, 4.69) is 157 Å². The summed E-state index contributed by atoms with van der Waals surface area (Å²) in [5.74, 6) is 0. The van der Waals surface area contributed by atoms with Gasteiger partial charge in [0.1, 0.15) is 0 Å². The van der Waals surface area contributed by atoms with E-state index in [9.17, 15) is 0 Å². The van der Waals surface area contributed by atoms with E-state index < -0.39 is 0 Å². The van der Waals surface area contributed by atoms with Crippen LogP contribution in [-0.2, 0) is 0 Å². The van der Waals surface area contributed by atoms with E-state index in [0.717, 1.165) is 12.1 Å². The van der Waals surface area contributed by atoms with Crippen LogP contribution in [0.15, 0.2) is 146 Å². The van der Waals surface area contributed by atoms with E-state index in [1.807, 2.05) is 6.08 Å². The van der Waals surface area contributed by atoms with Crippen molar-refractivity contribution in [3.05, 3.63) is 146 Å². The first-order valence-corrected chi connectivity index (χ1v) is 13.5. The number of benzene rings is 5. The molecule has 1 aromatic heterocycles. The second-order valence-corrected chi connectivity index (χ2v) is 9.82. The lowest BCUT2D eigenvalue weighted by Gasteiger charge is -2.22. The summed E-state index contributed by atoms with van der Waals surface area (Å²) in [5, 5.41) is 2.55. The topological polar surface area (TPSA) is 8.17 Å². The zero-order valence-corrected chi connectivity index (χ0v) is 22.5. The van der Waals surface area contributed by atoms with Gasteiger partial charge in [0.2, 0.25) is 0 Å². The number of anilines is 1. The fourth-order valence-corrected chi connectivity index (χ4v) is 5.63. The van der Waals surface area contributed by atoms with Gasteiger partial charge in [0.25, 0.3) is 0 Å². The van der Waals surface area contributed by atoms with E-state index in [-0.39, 0.29) is 0 Å². The Bertz CT molecular complexity index is 1770. The first-order chi connectivity index (χ1) is 19.2. The molecule has 0 amide bonds. The third-order valence-electron chi connectivity index (χ3n) is 7.59. The van der Waals surface area contributed by atoms with Crippen LogP contribution in [0.25, 0.3) is 49.7 Å². The Morgan fingerprint density at radius 1 is 0.692 bits per heavy atom. The molecular formula is C37H32N2. The first-order valence-electron chi connectivity index (χ1n) is 13.5. The van der Waals surface area contributed by atoms with E-state index in [4.69, 9.17) is 0 Å². The number of nitrogens with zero attached hydrogens (tertiary/aromatic N) is 2. The van der Waals surface area contributed by atoms with Crippen LogP contribution in [0, 0.1) is 0 Å². The van der Waals surface area contributed by atoms with E-state index in [1.54, 1.807) is 0 Å². The van der Waals surface area contributed by atoms with Crippen LogP contribution >= 0.6 is 0 Å². The maximum atomic E-state index is 3.86. The van der Waals surface area contributed by atoms with Gasteiger partial charge in [0, 0.05) is 34.9 Å². The largest absolute Gasteiger partial charge is 0.348 e. The summed E-state index contributed by atoms with van der Waals surface area (Å²) in [6, 6.07) is 43.8. The Balaban J connectivity index is 1.43. The number of fused-ring (bicyclic) bond motifs is 3. The predicted octanol–water partition coefficient (Wildman–Crippen LogP) is 10.0. The molecule has 0 atom stereocenters.